The number of carbonyl (C=O) groups is 1. The summed E-state index contributed by atoms with van der Waals surface area (Å²) in [6, 6.07) is 4.28. The van der Waals surface area contributed by atoms with E-state index >= 15 is 0 Å². The van der Waals surface area contributed by atoms with E-state index in [1.807, 2.05) is 0 Å². The maximum absolute atomic E-state index is 10.2. The van der Waals surface area contributed by atoms with Crippen LogP contribution in [-0.2, 0) is 11.2 Å². The van der Waals surface area contributed by atoms with Crippen molar-refractivity contribution in [3.63, 3.8) is 0 Å². The lowest BCUT2D eigenvalue weighted by Gasteiger charge is -2.00. The molecule has 0 saturated carbocycles. The van der Waals surface area contributed by atoms with Gasteiger partial charge in [0, 0.05) is 6.42 Å². The minimum absolute atomic E-state index is 0.00664. The molecule has 74 valence electrons. The highest BCUT2D eigenvalue weighted by Crippen LogP contribution is 2.27. The molecular formula is C9H9NO4. The van der Waals surface area contributed by atoms with Crippen LogP contribution in [-0.4, -0.2) is 16.2 Å². The van der Waals surface area contributed by atoms with Gasteiger partial charge in [-0.3, -0.25) is 4.79 Å². The van der Waals surface area contributed by atoms with Gasteiger partial charge in [0.2, 0.25) is 0 Å². The van der Waals surface area contributed by atoms with Crippen LogP contribution >= 0.6 is 0 Å². The molecule has 5 heteroatoms. The number of aliphatic carboxylic acids is 1. The van der Waals surface area contributed by atoms with Crippen LogP contribution in [0.15, 0.2) is 23.4 Å². The molecule has 0 aliphatic rings. The van der Waals surface area contributed by atoms with Gasteiger partial charge in [0.15, 0.2) is 0 Å². The zero-order valence-corrected chi connectivity index (χ0v) is 7.30. The molecule has 0 aromatic heterocycles. The third kappa shape index (κ3) is 2.55. The average Bonchev–Trinajstić information content (AvgIpc) is 2.15. The van der Waals surface area contributed by atoms with Crippen molar-refractivity contribution in [2.24, 2.45) is 5.18 Å². The number of nitrogens with zero attached hydrogens (tertiary/aromatic N) is 1. The van der Waals surface area contributed by atoms with Gasteiger partial charge in [0.1, 0.15) is 11.4 Å². The Bertz CT molecular complexity index is 362. The normalized spacial score (nSPS) is 9.71. The van der Waals surface area contributed by atoms with E-state index < -0.39 is 5.97 Å². The number of carboxylic acid groups (broad SMARTS) is 1. The van der Waals surface area contributed by atoms with E-state index in [1.54, 1.807) is 6.07 Å². The maximum atomic E-state index is 10.2. The first-order chi connectivity index (χ1) is 6.63. The van der Waals surface area contributed by atoms with Crippen molar-refractivity contribution in [3.8, 4) is 5.75 Å². The topological polar surface area (TPSA) is 87.0 Å². The molecule has 0 atom stereocenters. The van der Waals surface area contributed by atoms with Gasteiger partial charge in [-0.25, -0.2) is 0 Å². The standard InChI is InChI=1S/C9H9NO4/c11-8-5-6(2-4-9(12)13)1-3-7(8)10-14/h1,3,5,11H,2,4H2,(H,12,13). The zero-order valence-electron chi connectivity index (χ0n) is 7.30. The summed E-state index contributed by atoms with van der Waals surface area (Å²) < 4.78 is 0. The summed E-state index contributed by atoms with van der Waals surface area (Å²) in [6.07, 6.45) is 0.315. The number of aryl methyl sites for hydroxylation is 1. The summed E-state index contributed by atoms with van der Waals surface area (Å²) >= 11 is 0. The van der Waals surface area contributed by atoms with Gasteiger partial charge in [-0.2, -0.15) is 0 Å². The Morgan fingerprint density at radius 3 is 2.64 bits per heavy atom. The van der Waals surface area contributed by atoms with Gasteiger partial charge in [-0.1, -0.05) is 6.07 Å². The van der Waals surface area contributed by atoms with Crippen LogP contribution in [0, 0.1) is 4.91 Å². The minimum Gasteiger partial charge on any atom is -0.506 e. The summed E-state index contributed by atoms with van der Waals surface area (Å²) in [5, 5.41) is 20.2. The first-order valence-electron chi connectivity index (χ1n) is 4.00. The van der Waals surface area contributed by atoms with E-state index in [0.29, 0.717) is 12.0 Å². The van der Waals surface area contributed by atoms with E-state index in [2.05, 4.69) is 5.18 Å². The van der Waals surface area contributed by atoms with Crippen LogP contribution in [0.25, 0.3) is 0 Å². The number of phenols is 1. The number of benzene rings is 1. The Balaban J connectivity index is 2.76. The predicted octanol–water partition coefficient (Wildman–Crippen LogP) is 1.81. The fourth-order valence-electron chi connectivity index (χ4n) is 1.05. The number of rotatable bonds is 4. The molecular weight excluding hydrogens is 186 g/mol. The Morgan fingerprint density at radius 1 is 1.43 bits per heavy atom. The van der Waals surface area contributed by atoms with Crippen LogP contribution in [0.5, 0.6) is 5.75 Å². The zero-order chi connectivity index (χ0) is 10.6. The number of hydrogen-bond donors (Lipinski definition) is 2. The second-order valence-electron chi connectivity index (χ2n) is 2.81. The van der Waals surface area contributed by atoms with E-state index in [9.17, 15) is 14.8 Å². The molecule has 0 aliphatic heterocycles. The summed E-state index contributed by atoms with van der Waals surface area (Å²) in [4.78, 5) is 20.4. The molecule has 1 aromatic rings. The molecule has 0 aliphatic carbocycles. The Morgan fingerprint density at radius 2 is 2.14 bits per heavy atom. The average molecular weight is 195 g/mol. The molecule has 0 bridgehead atoms. The Hall–Kier alpha value is -1.91. The smallest absolute Gasteiger partial charge is 0.303 e. The number of hydrogen-bond acceptors (Lipinski definition) is 4. The van der Waals surface area contributed by atoms with Crippen LogP contribution in [0.3, 0.4) is 0 Å². The highest BCUT2D eigenvalue weighted by atomic mass is 16.4. The lowest BCUT2D eigenvalue weighted by atomic mass is 10.1. The van der Waals surface area contributed by atoms with E-state index in [-0.39, 0.29) is 17.9 Å². The van der Waals surface area contributed by atoms with Gasteiger partial charge < -0.3 is 10.2 Å². The summed E-state index contributed by atoms with van der Waals surface area (Å²) in [6.45, 7) is 0. The second kappa shape index (κ2) is 4.36. The highest BCUT2D eigenvalue weighted by Gasteiger charge is 2.04. The van der Waals surface area contributed by atoms with E-state index in [4.69, 9.17) is 5.11 Å². The van der Waals surface area contributed by atoms with Crippen LogP contribution in [0.1, 0.15) is 12.0 Å². The molecule has 0 fully saturated rings. The Kier molecular flexibility index (Phi) is 3.17. The number of carboxylic acids is 1. The largest absolute Gasteiger partial charge is 0.506 e. The van der Waals surface area contributed by atoms with Crippen molar-refractivity contribution < 1.29 is 15.0 Å². The van der Waals surface area contributed by atoms with Crippen LogP contribution < -0.4 is 0 Å². The molecule has 14 heavy (non-hydrogen) atoms. The molecule has 0 saturated heterocycles. The maximum Gasteiger partial charge on any atom is 0.303 e. The summed E-state index contributed by atoms with van der Waals surface area (Å²) in [5.41, 5.74) is 0.626. The molecule has 0 spiro atoms. The first kappa shape index (κ1) is 10.2. The number of nitroso groups, excluding NO2 is 1. The summed E-state index contributed by atoms with van der Waals surface area (Å²) in [7, 11) is 0. The SMILES string of the molecule is O=Nc1ccc(CCC(=O)O)cc1O. The molecule has 5 nitrogen and oxygen atoms in total. The van der Waals surface area contributed by atoms with Crippen molar-refractivity contribution in [2.45, 2.75) is 12.8 Å². The molecule has 0 radical (unpaired) electrons. The fourth-order valence-corrected chi connectivity index (χ4v) is 1.05. The van der Waals surface area contributed by atoms with Crippen molar-refractivity contribution in [3.05, 3.63) is 28.7 Å². The molecule has 0 unspecified atom stereocenters. The first-order valence-corrected chi connectivity index (χ1v) is 4.00. The van der Waals surface area contributed by atoms with Crippen molar-refractivity contribution in [1.82, 2.24) is 0 Å². The highest BCUT2D eigenvalue weighted by molar-refractivity contribution is 5.67. The van der Waals surface area contributed by atoms with E-state index in [1.165, 1.54) is 12.1 Å². The Labute approximate surface area is 80.0 Å². The van der Waals surface area contributed by atoms with Gasteiger partial charge in [0.05, 0.1) is 0 Å². The number of phenolic OH excluding ortho intramolecular Hbond substituents is 1. The fraction of sp³-hybridized carbons (Fsp3) is 0.222. The van der Waals surface area contributed by atoms with E-state index in [0.717, 1.165) is 0 Å². The lowest BCUT2D eigenvalue weighted by Crippen LogP contribution is -1.96. The summed E-state index contributed by atoms with van der Waals surface area (Å²) in [5.74, 6) is -1.12. The quantitative estimate of drug-likeness (QED) is 0.717. The minimum atomic E-state index is -0.901. The lowest BCUT2D eigenvalue weighted by molar-refractivity contribution is -0.136. The van der Waals surface area contributed by atoms with Crippen molar-refractivity contribution in [1.29, 1.82) is 0 Å². The third-order valence-corrected chi connectivity index (χ3v) is 1.77. The monoisotopic (exact) mass is 195 g/mol. The molecule has 0 heterocycles. The second-order valence-corrected chi connectivity index (χ2v) is 2.81. The van der Waals surface area contributed by atoms with Gasteiger partial charge >= 0.3 is 5.97 Å². The van der Waals surface area contributed by atoms with Gasteiger partial charge in [0.25, 0.3) is 0 Å². The molecule has 1 aromatic carbocycles. The molecule has 0 amide bonds. The van der Waals surface area contributed by atoms with Crippen molar-refractivity contribution in [2.75, 3.05) is 0 Å². The van der Waals surface area contributed by atoms with Gasteiger partial charge in [-0.15, -0.1) is 4.91 Å². The number of aromatic hydroxyl groups is 1. The van der Waals surface area contributed by atoms with Gasteiger partial charge in [-0.05, 0) is 29.3 Å². The van der Waals surface area contributed by atoms with Crippen LogP contribution in [0.4, 0.5) is 5.69 Å². The molecule has 2 N–H and O–H groups in total. The van der Waals surface area contributed by atoms with Crippen molar-refractivity contribution >= 4 is 11.7 Å². The third-order valence-electron chi connectivity index (χ3n) is 1.77. The van der Waals surface area contributed by atoms with Crippen LogP contribution in [0.2, 0.25) is 0 Å². The predicted molar refractivity (Wildman–Crippen MR) is 49.5 cm³/mol. The molecule has 1 rings (SSSR count).